The molecule has 0 saturated carbocycles. The number of benzene rings is 2. The minimum atomic E-state index is -0.796. The van der Waals surface area contributed by atoms with Crippen LogP contribution in [0, 0.1) is 6.92 Å². The third kappa shape index (κ3) is 5.55. The van der Waals surface area contributed by atoms with E-state index < -0.39 is 6.04 Å². The summed E-state index contributed by atoms with van der Waals surface area (Å²) >= 11 is 6.14. The van der Waals surface area contributed by atoms with Crippen LogP contribution in [0.25, 0.3) is 0 Å². The maximum Gasteiger partial charge on any atom is 0.274 e. The third-order valence-corrected chi connectivity index (χ3v) is 6.49. The van der Waals surface area contributed by atoms with Crippen molar-refractivity contribution in [2.45, 2.75) is 25.9 Å². The van der Waals surface area contributed by atoms with Crippen LogP contribution >= 0.6 is 11.6 Å². The minimum Gasteiger partial charge on any atom is -0.323 e. The van der Waals surface area contributed by atoms with Crippen molar-refractivity contribution in [2.75, 3.05) is 10.6 Å². The molecule has 2 aromatic carbocycles. The van der Waals surface area contributed by atoms with Crippen LogP contribution in [0.5, 0.6) is 0 Å². The Hall–Kier alpha value is -4.56. The second-order valence-electron chi connectivity index (χ2n) is 9.02. The number of hydrogen-bond donors (Lipinski definition) is 2. The highest BCUT2D eigenvalue weighted by molar-refractivity contribution is 6.31. The molecule has 190 valence electrons. The molecule has 0 radical (unpaired) electrons. The monoisotopic (exact) mass is 525 g/mol. The van der Waals surface area contributed by atoms with Crippen LogP contribution in [0.2, 0.25) is 5.02 Å². The molecule has 0 aliphatic carbocycles. The largest absolute Gasteiger partial charge is 0.323 e. The van der Waals surface area contributed by atoms with Gasteiger partial charge >= 0.3 is 0 Å². The standard InChI is InChI=1S/C29H24ClN5O3/c1-18-11-13-32-25(14-18)27(36)33-21-8-5-19(6-9-21)17-35-26(16-22-4-2-3-12-31-22)28(37)34-24-15-20(30)7-10-23(24)29(35)38/h2-15,26H,16-17H2,1H3,(H,33,36)(H,34,37)/t26-/m1/s1. The molecule has 0 saturated heterocycles. The summed E-state index contributed by atoms with van der Waals surface area (Å²) in [6.45, 7) is 2.07. The summed E-state index contributed by atoms with van der Waals surface area (Å²) in [5.41, 5.74) is 4.08. The molecule has 0 spiro atoms. The highest BCUT2D eigenvalue weighted by atomic mass is 35.5. The van der Waals surface area contributed by atoms with E-state index in [1.54, 1.807) is 59.8 Å². The lowest BCUT2D eigenvalue weighted by molar-refractivity contribution is -0.120. The summed E-state index contributed by atoms with van der Waals surface area (Å²) in [4.78, 5) is 49.6. The Labute approximate surface area is 224 Å². The molecule has 9 heteroatoms. The van der Waals surface area contributed by atoms with Gasteiger partial charge in [-0.05, 0) is 72.6 Å². The summed E-state index contributed by atoms with van der Waals surface area (Å²) in [6.07, 6.45) is 3.50. The predicted octanol–water partition coefficient (Wildman–Crippen LogP) is 4.90. The highest BCUT2D eigenvalue weighted by Gasteiger charge is 2.35. The van der Waals surface area contributed by atoms with Gasteiger partial charge < -0.3 is 15.5 Å². The molecular formula is C29H24ClN5O3. The Kier molecular flexibility index (Phi) is 7.15. The molecule has 3 amide bonds. The fourth-order valence-corrected chi connectivity index (χ4v) is 4.48. The number of nitrogens with zero attached hydrogens (tertiary/aromatic N) is 3. The van der Waals surface area contributed by atoms with Gasteiger partial charge in [0.2, 0.25) is 5.91 Å². The van der Waals surface area contributed by atoms with Crippen LogP contribution in [0.1, 0.15) is 37.7 Å². The summed E-state index contributed by atoms with van der Waals surface area (Å²) in [5, 5.41) is 6.12. The molecule has 1 atom stereocenters. The number of aryl methyl sites for hydroxylation is 1. The second kappa shape index (κ2) is 10.8. The SMILES string of the molecule is Cc1ccnc(C(=O)Nc2ccc(CN3C(=O)c4ccc(Cl)cc4NC(=O)[C@H]3Cc3ccccn3)cc2)c1. The van der Waals surface area contributed by atoms with Crippen molar-refractivity contribution < 1.29 is 14.4 Å². The number of carbonyl (C=O) groups is 3. The first-order chi connectivity index (χ1) is 18.4. The quantitative estimate of drug-likeness (QED) is 0.373. The van der Waals surface area contributed by atoms with E-state index >= 15 is 0 Å². The average molecular weight is 526 g/mol. The zero-order valence-corrected chi connectivity index (χ0v) is 21.3. The number of rotatable bonds is 6. The molecular weight excluding hydrogens is 502 g/mol. The van der Waals surface area contributed by atoms with Gasteiger partial charge in [-0.3, -0.25) is 24.4 Å². The predicted molar refractivity (Wildman–Crippen MR) is 145 cm³/mol. The number of fused-ring (bicyclic) bond motifs is 1. The van der Waals surface area contributed by atoms with Gasteiger partial charge in [0.1, 0.15) is 11.7 Å². The zero-order valence-electron chi connectivity index (χ0n) is 20.5. The number of amides is 3. The number of carbonyl (C=O) groups excluding carboxylic acids is 3. The van der Waals surface area contributed by atoms with Crippen LogP contribution in [-0.2, 0) is 17.8 Å². The van der Waals surface area contributed by atoms with E-state index in [-0.39, 0.29) is 30.7 Å². The van der Waals surface area contributed by atoms with Gasteiger partial charge in [0.05, 0.1) is 11.3 Å². The molecule has 4 aromatic rings. The summed E-state index contributed by atoms with van der Waals surface area (Å²) < 4.78 is 0. The lowest BCUT2D eigenvalue weighted by atomic mass is 10.1. The normalized spacial score (nSPS) is 14.9. The Bertz CT molecular complexity index is 1510. The van der Waals surface area contributed by atoms with Gasteiger partial charge in [-0.25, -0.2) is 0 Å². The number of halogens is 1. The summed E-state index contributed by atoms with van der Waals surface area (Å²) in [6, 6.07) is 20.2. The number of pyridine rings is 2. The maximum atomic E-state index is 13.7. The number of nitrogens with one attached hydrogen (secondary N) is 2. The van der Waals surface area contributed by atoms with Crippen molar-refractivity contribution in [1.29, 1.82) is 0 Å². The van der Waals surface area contributed by atoms with Gasteiger partial charge in [0, 0.05) is 41.8 Å². The van der Waals surface area contributed by atoms with E-state index in [9.17, 15) is 14.4 Å². The van der Waals surface area contributed by atoms with Crippen molar-refractivity contribution in [2.24, 2.45) is 0 Å². The molecule has 0 unspecified atom stereocenters. The van der Waals surface area contributed by atoms with E-state index in [1.165, 1.54) is 0 Å². The maximum absolute atomic E-state index is 13.7. The van der Waals surface area contributed by atoms with Crippen molar-refractivity contribution in [1.82, 2.24) is 14.9 Å². The lowest BCUT2D eigenvalue weighted by Crippen LogP contribution is -2.46. The number of aromatic nitrogens is 2. The first-order valence-electron chi connectivity index (χ1n) is 12.0. The van der Waals surface area contributed by atoms with E-state index in [0.717, 1.165) is 11.1 Å². The number of hydrogen-bond acceptors (Lipinski definition) is 5. The van der Waals surface area contributed by atoms with Gasteiger partial charge in [-0.15, -0.1) is 0 Å². The van der Waals surface area contributed by atoms with Crippen LogP contribution in [0.3, 0.4) is 0 Å². The first-order valence-corrected chi connectivity index (χ1v) is 12.4. The number of anilines is 2. The second-order valence-corrected chi connectivity index (χ2v) is 9.46. The Morgan fingerprint density at radius 1 is 1.00 bits per heavy atom. The molecule has 8 nitrogen and oxygen atoms in total. The molecule has 3 heterocycles. The van der Waals surface area contributed by atoms with Crippen molar-refractivity contribution in [3.63, 3.8) is 0 Å². The molecule has 2 N–H and O–H groups in total. The van der Waals surface area contributed by atoms with Crippen molar-refractivity contribution in [3.8, 4) is 0 Å². The molecule has 38 heavy (non-hydrogen) atoms. The third-order valence-electron chi connectivity index (χ3n) is 6.25. The van der Waals surface area contributed by atoms with Gasteiger partial charge in [0.15, 0.2) is 0 Å². The molecule has 2 aromatic heterocycles. The van der Waals surface area contributed by atoms with E-state index in [0.29, 0.717) is 33.3 Å². The molecule has 5 rings (SSSR count). The lowest BCUT2D eigenvalue weighted by Gasteiger charge is -2.28. The van der Waals surface area contributed by atoms with E-state index in [4.69, 9.17) is 11.6 Å². The molecule has 0 fully saturated rings. The van der Waals surface area contributed by atoms with E-state index in [1.807, 2.05) is 37.3 Å². The average Bonchev–Trinajstić information content (AvgIpc) is 3.00. The fraction of sp³-hybridized carbons (Fsp3) is 0.138. The van der Waals surface area contributed by atoms with Crippen molar-refractivity contribution >= 4 is 40.7 Å². The molecule has 1 aliphatic rings. The summed E-state index contributed by atoms with van der Waals surface area (Å²) in [7, 11) is 0. The van der Waals surface area contributed by atoms with Gasteiger partial charge in [0.25, 0.3) is 11.8 Å². The summed E-state index contributed by atoms with van der Waals surface area (Å²) in [5.74, 6) is -0.926. The van der Waals surface area contributed by atoms with Crippen molar-refractivity contribution in [3.05, 3.63) is 118 Å². The van der Waals surface area contributed by atoms with Crippen LogP contribution in [0.4, 0.5) is 11.4 Å². The van der Waals surface area contributed by atoms with Crippen LogP contribution < -0.4 is 10.6 Å². The topological polar surface area (TPSA) is 104 Å². The zero-order chi connectivity index (χ0) is 26.6. The van der Waals surface area contributed by atoms with Crippen LogP contribution in [0.15, 0.2) is 85.2 Å². The fourth-order valence-electron chi connectivity index (χ4n) is 4.31. The smallest absolute Gasteiger partial charge is 0.274 e. The Morgan fingerprint density at radius 3 is 2.55 bits per heavy atom. The van der Waals surface area contributed by atoms with E-state index in [2.05, 4.69) is 20.6 Å². The first kappa shape index (κ1) is 25.1. The molecule has 0 bridgehead atoms. The minimum absolute atomic E-state index is 0.180. The van der Waals surface area contributed by atoms with Gasteiger partial charge in [-0.1, -0.05) is 29.8 Å². The van der Waals surface area contributed by atoms with Crippen LogP contribution in [-0.4, -0.2) is 38.6 Å². The molecule has 1 aliphatic heterocycles. The Balaban J connectivity index is 1.40. The highest BCUT2D eigenvalue weighted by Crippen LogP contribution is 2.29. The Morgan fingerprint density at radius 2 is 1.82 bits per heavy atom. The van der Waals surface area contributed by atoms with Gasteiger partial charge in [-0.2, -0.15) is 0 Å².